The summed E-state index contributed by atoms with van der Waals surface area (Å²) in [5.74, 6) is -0.643. The SMILES string of the molecule is CCN(CC)S(=O)(=O)c1cccc(C(=O)NC(C(=O)N2CCN(C(C)C)CC2)C(C)C)c1. The van der Waals surface area contributed by atoms with Gasteiger partial charge in [-0.2, -0.15) is 4.31 Å². The van der Waals surface area contributed by atoms with E-state index >= 15 is 0 Å². The van der Waals surface area contributed by atoms with Crippen molar-refractivity contribution in [2.45, 2.75) is 58.5 Å². The molecule has 1 N–H and O–H groups in total. The third-order valence-corrected chi connectivity index (χ3v) is 8.06. The number of rotatable bonds is 9. The van der Waals surface area contributed by atoms with Crippen LogP contribution in [0.3, 0.4) is 0 Å². The predicted molar refractivity (Wildman–Crippen MR) is 126 cm³/mol. The maximum atomic E-state index is 13.2. The van der Waals surface area contributed by atoms with E-state index in [0.717, 1.165) is 13.1 Å². The molecule has 2 rings (SSSR count). The molecular formula is C23H38N4O4S. The van der Waals surface area contributed by atoms with Crippen LogP contribution in [0, 0.1) is 5.92 Å². The molecule has 8 nitrogen and oxygen atoms in total. The molecule has 0 aromatic heterocycles. The molecule has 1 unspecified atom stereocenters. The van der Waals surface area contributed by atoms with E-state index in [-0.39, 0.29) is 22.3 Å². The van der Waals surface area contributed by atoms with Crippen molar-refractivity contribution < 1.29 is 18.0 Å². The first-order valence-electron chi connectivity index (χ1n) is 11.5. The van der Waals surface area contributed by atoms with E-state index in [4.69, 9.17) is 0 Å². The fourth-order valence-corrected chi connectivity index (χ4v) is 5.41. The molecule has 1 aromatic carbocycles. The highest BCUT2D eigenvalue weighted by Gasteiger charge is 2.31. The van der Waals surface area contributed by atoms with Crippen LogP contribution in [0.4, 0.5) is 0 Å². The Morgan fingerprint density at radius 1 is 1.03 bits per heavy atom. The fourth-order valence-electron chi connectivity index (χ4n) is 3.90. The van der Waals surface area contributed by atoms with Crippen molar-refractivity contribution in [1.82, 2.24) is 19.4 Å². The van der Waals surface area contributed by atoms with E-state index in [9.17, 15) is 18.0 Å². The second kappa shape index (κ2) is 11.2. The van der Waals surface area contributed by atoms with Crippen molar-refractivity contribution in [1.29, 1.82) is 0 Å². The first-order chi connectivity index (χ1) is 15.0. The van der Waals surface area contributed by atoms with Gasteiger partial charge in [0.1, 0.15) is 6.04 Å². The number of hydrogen-bond donors (Lipinski definition) is 1. The standard InChI is InChI=1S/C23H38N4O4S/c1-7-27(8-2)32(30,31)20-11-9-10-19(16-20)22(28)24-21(17(3)4)23(29)26-14-12-25(13-15-26)18(5)6/h9-11,16-18,21H,7-8,12-15H2,1-6H3,(H,24,28). The summed E-state index contributed by atoms with van der Waals surface area (Å²) in [4.78, 5) is 30.4. The number of carbonyl (C=O) groups is 2. The van der Waals surface area contributed by atoms with E-state index in [1.165, 1.54) is 16.4 Å². The third-order valence-electron chi connectivity index (χ3n) is 6.01. The molecular weight excluding hydrogens is 428 g/mol. The minimum Gasteiger partial charge on any atom is -0.340 e. The number of nitrogens with one attached hydrogen (secondary N) is 1. The van der Waals surface area contributed by atoms with Crippen LogP contribution in [0.5, 0.6) is 0 Å². The summed E-state index contributed by atoms with van der Waals surface area (Å²) < 4.78 is 27.0. The minimum atomic E-state index is -3.67. The van der Waals surface area contributed by atoms with Gasteiger partial charge in [0.15, 0.2) is 0 Å². The average Bonchev–Trinajstić information content (AvgIpc) is 2.77. The van der Waals surface area contributed by atoms with Crippen LogP contribution in [-0.2, 0) is 14.8 Å². The van der Waals surface area contributed by atoms with E-state index in [2.05, 4.69) is 24.1 Å². The Bertz CT molecular complexity index is 889. The van der Waals surface area contributed by atoms with Gasteiger partial charge in [-0.25, -0.2) is 8.42 Å². The van der Waals surface area contributed by atoms with Crippen molar-refractivity contribution >= 4 is 21.8 Å². The van der Waals surface area contributed by atoms with Gasteiger partial charge in [-0.1, -0.05) is 33.8 Å². The lowest BCUT2D eigenvalue weighted by atomic mass is 10.0. The van der Waals surface area contributed by atoms with Crippen LogP contribution in [0.15, 0.2) is 29.2 Å². The zero-order valence-electron chi connectivity index (χ0n) is 20.2. The Labute approximate surface area is 193 Å². The van der Waals surface area contributed by atoms with Gasteiger partial charge in [0.05, 0.1) is 4.90 Å². The first-order valence-corrected chi connectivity index (χ1v) is 12.9. The molecule has 0 radical (unpaired) electrons. The molecule has 0 saturated carbocycles. The molecule has 1 aliphatic rings. The van der Waals surface area contributed by atoms with Gasteiger partial charge >= 0.3 is 0 Å². The zero-order chi connectivity index (χ0) is 24.1. The number of sulfonamides is 1. The molecule has 0 bridgehead atoms. The molecule has 1 heterocycles. The van der Waals surface area contributed by atoms with Crippen molar-refractivity contribution in [3.8, 4) is 0 Å². The summed E-state index contributed by atoms with van der Waals surface area (Å²) in [5, 5.41) is 2.85. The first kappa shape index (κ1) is 26.3. The van der Waals surface area contributed by atoms with Crippen LogP contribution in [-0.4, -0.2) is 85.7 Å². The topological polar surface area (TPSA) is 90.0 Å². The smallest absolute Gasteiger partial charge is 0.251 e. The lowest BCUT2D eigenvalue weighted by Crippen LogP contribution is -2.57. The van der Waals surface area contributed by atoms with Crippen LogP contribution in [0.2, 0.25) is 0 Å². The summed E-state index contributed by atoms with van der Waals surface area (Å²) in [6.45, 7) is 15.2. The van der Waals surface area contributed by atoms with Crippen molar-refractivity contribution in [2.75, 3.05) is 39.3 Å². The molecule has 1 saturated heterocycles. The Morgan fingerprint density at radius 3 is 2.12 bits per heavy atom. The van der Waals surface area contributed by atoms with Crippen LogP contribution in [0.25, 0.3) is 0 Å². The van der Waals surface area contributed by atoms with Gasteiger partial charge in [-0.15, -0.1) is 0 Å². The summed E-state index contributed by atoms with van der Waals surface area (Å²) in [6.07, 6.45) is 0. The third kappa shape index (κ3) is 6.08. The number of amides is 2. The van der Waals surface area contributed by atoms with Gasteiger partial charge in [-0.05, 0) is 38.0 Å². The summed E-state index contributed by atoms with van der Waals surface area (Å²) in [5.41, 5.74) is 0.223. The van der Waals surface area contributed by atoms with Crippen LogP contribution < -0.4 is 5.32 Å². The van der Waals surface area contributed by atoms with Crippen molar-refractivity contribution in [3.63, 3.8) is 0 Å². The Morgan fingerprint density at radius 2 is 1.62 bits per heavy atom. The molecule has 1 aliphatic heterocycles. The lowest BCUT2D eigenvalue weighted by molar-refractivity contribution is -0.136. The van der Waals surface area contributed by atoms with Gasteiger partial charge in [0.25, 0.3) is 5.91 Å². The van der Waals surface area contributed by atoms with Crippen LogP contribution in [0.1, 0.15) is 51.9 Å². The van der Waals surface area contributed by atoms with E-state index in [0.29, 0.717) is 32.2 Å². The molecule has 32 heavy (non-hydrogen) atoms. The summed E-state index contributed by atoms with van der Waals surface area (Å²) in [7, 11) is -3.67. The van der Waals surface area contributed by atoms with Gasteiger partial charge in [0, 0.05) is 50.9 Å². The maximum absolute atomic E-state index is 13.2. The summed E-state index contributed by atoms with van der Waals surface area (Å²) >= 11 is 0. The normalized spacial score (nSPS) is 16.6. The second-order valence-electron chi connectivity index (χ2n) is 8.77. The van der Waals surface area contributed by atoms with Gasteiger partial charge in [0.2, 0.25) is 15.9 Å². The molecule has 180 valence electrons. The maximum Gasteiger partial charge on any atom is 0.251 e. The molecule has 1 fully saturated rings. The molecule has 0 spiro atoms. The van der Waals surface area contributed by atoms with Crippen LogP contribution >= 0.6 is 0 Å². The van der Waals surface area contributed by atoms with Gasteiger partial charge in [-0.3, -0.25) is 14.5 Å². The highest BCUT2D eigenvalue weighted by Crippen LogP contribution is 2.18. The number of benzene rings is 1. The second-order valence-corrected chi connectivity index (χ2v) is 10.7. The fraction of sp³-hybridized carbons (Fsp3) is 0.652. The van der Waals surface area contributed by atoms with E-state index in [1.807, 2.05) is 18.7 Å². The average molecular weight is 467 g/mol. The Balaban J connectivity index is 2.16. The monoisotopic (exact) mass is 466 g/mol. The molecule has 2 amide bonds. The largest absolute Gasteiger partial charge is 0.340 e. The number of hydrogen-bond acceptors (Lipinski definition) is 5. The molecule has 1 aromatic rings. The molecule has 0 aliphatic carbocycles. The Kier molecular flexibility index (Phi) is 9.24. The van der Waals surface area contributed by atoms with E-state index < -0.39 is 22.0 Å². The number of nitrogens with zero attached hydrogens (tertiary/aromatic N) is 3. The minimum absolute atomic E-state index is 0.0751. The van der Waals surface area contributed by atoms with Crippen molar-refractivity contribution in [3.05, 3.63) is 29.8 Å². The predicted octanol–water partition coefficient (Wildman–Crippen LogP) is 2.02. The van der Waals surface area contributed by atoms with E-state index in [1.54, 1.807) is 26.0 Å². The highest BCUT2D eigenvalue weighted by molar-refractivity contribution is 7.89. The zero-order valence-corrected chi connectivity index (χ0v) is 21.0. The number of piperazine rings is 1. The summed E-state index contributed by atoms with van der Waals surface area (Å²) in [6, 6.07) is 5.77. The number of carbonyl (C=O) groups excluding carboxylic acids is 2. The lowest BCUT2D eigenvalue weighted by Gasteiger charge is -2.39. The molecule has 9 heteroatoms. The van der Waals surface area contributed by atoms with Gasteiger partial charge < -0.3 is 10.2 Å². The highest BCUT2D eigenvalue weighted by atomic mass is 32.2. The Hall–Kier alpha value is -1.97. The van der Waals surface area contributed by atoms with Crippen molar-refractivity contribution in [2.24, 2.45) is 5.92 Å². The quantitative estimate of drug-likeness (QED) is 0.601. The molecule has 1 atom stereocenters.